The second-order valence-electron chi connectivity index (χ2n) is 4.57. The highest BCUT2D eigenvalue weighted by Gasteiger charge is 2.19. The maximum Gasteiger partial charge on any atom is 0.338 e. The van der Waals surface area contributed by atoms with Crippen molar-refractivity contribution in [2.24, 2.45) is 0 Å². The molecular weight excluding hydrogens is 258 g/mol. The van der Waals surface area contributed by atoms with Crippen molar-refractivity contribution in [2.45, 2.75) is 20.8 Å². The van der Waals surface area contributed by atoms with Crippen LogP contribution in [0.3, 0.4) is 0 Å². The minimum absolute atomic E-state index is 0.0969. The highest BCUT2D eigenvalue weighted by atomic mass is 16.4. The number of hydrogen-bond acceptors (Lipinski definition) is 3. The Morgan fingerprint density at radius 2 is 1.90 bits per heavy atom. The number of H-pyrrole nitrogens is 1. The second kappa shape index (κ2) is 5.16. The van der Waals surface area contributed by atoms with Gasteiger partial charge < -0.3 is 10.4 Å². The van der Waals surface area contributed by atoms with Crippen LogP contribution in [0, 0.1) is 20.8 Å². The number of nitrogens with one attached hydrogen (secondary N) is 2. The Morgan fingerprint density at radius 1 is 1.20 bits per heavy atom. The SMILES string of the molecule is Cc1cccc(NC(=O)c2c(C)n[nH]c2C)c1C(=O)O. The zero-order valence-electron chi connectivity index (χ0n) is 11.4. The third-order valence-electron chi connectivity index (χ3n) is 3.09. The van der Waals surface area contributed by atoms with Gasteiger partial charge in [0.15, 0.2) is 0 Å². The second-order valence-corrected chi connectivity index (χ2v) is 4.57. The van der Waals surface area contributed by atoms with E-state index in [2.05, 4.69) is 15.5 Å². The van der Waals surface area contributed by atoms with Gasteiger partial charge in [-0.3, -0.25) is 9.89 Å². The lowest BCUT2D eigenvalue weighted by molar-refractivity contribution is 0.0697. The molecule has 0 aliphatic carbocycles. The molecule has 0 unspecified atom stereocenters. The highest BCUT2D eigenvalue weighted by Crippen LogP contribution is 2.21. The number of aromatic amines is 1. The largest absolute Gasteiger partial charge is 0.478 e. The molecular formula is C14H15N3O3. The predicted octanol–water partition coefficient (Wildman–Crippen LogP) is 2.29. The summed E-state index contributed by atoms with van der Waals surface area (Å²) in [7, 11) is 0. The van der Waals surface area contributed by atoms with Crippen LogP contribution >= 0.6 is 0 Å². The highest BCUT2D eigenvalue weighted by molar-refractivity contribution is 6.09. The number of anilines is 1. The fourth-order valence-corrected chi connectivity index (χ4v) is 2.13. The van der Waals surface area contributed by atoms with Crippen LogP contribution in [0.4, 0.5) is 5.69 Å². The molecule has 0 saturated carbocycles. The Hall–Kier alpha value is -2.63. The van der Waals surface area contributed by atoms with Gasteiger partial charge in [-0.25, -0.2) is 4.79 Å². The number of carboxylic acids is 1. The molecule has 0 saturated heterocycles. The monoisotopic (exact) mass is 273 g/mol. The van der Waals surface area contributed by atoms with E-state index >= 15 is 0 Å². The standard InChI is InChI=1S/C14H15N3O3/c1-7-5-4-6-10(11(7)14(19)20)15-13(18)12-8(2)16-17-9(12)3/h4-6H,1-3H3,(H,15,18)(H,16,17)(H,19,20). The molecule has 1 aromatic carbocycles. The van der Waals surface area contributed by atoms with Crippen LogP contribution < -0.4 is 5.32 Å². The van der Waals surface area contributed by atoms with Crippen molar-refractivity contribution in [3.05, 3.63) is 46.3 Å². The molecule has 2 rings (SSSR count). The number of hydrogen-bond donors (Lipinski definition) is 3. The average molecular weight is 273 g/mol. The predicted molar refractivity (Wildman–Crippen MR) is 74.2 cm³/mol. The Balaban J connectivity index is 2.39. The van der Waals surface area contributed by atoms with Crippen molar-refractivity contribution in [2.75, 3.05) is 5.32 Å². The minimum Gasteiger partial charge on any atom is -0.478 e. The van der Waals surface area contributed by atoms with E-state index < -0.39 is 5.97 Å². The summed E-state index contributed by atoms with van der Waals surface area (Å²) >= 11 is 0. The van der Waals surface area contributed by atoms with E-state index in [0.29, 0.717) is 22.5 Å². The van der Waals surface area contributed by atoms with Crippen molar-refractivity contribution in [1.29, 1.82) is 0 Å². The Morgan fingerprint density at radius 3 is 2.45 bits per heavy atom. The first kappa shape index (κ1) is 13.8. The van der Waals surface area contributed by atoms with Crippen LogP contribution in [0.5, 0.6) is 0 Å². The molecule has 20 heavy (non-hydrogen) atoms. The number of carbonyl (C=O) groups excluding carboxylic acids is 1. The van der Waals surface area contributed by atoms with E-state index in [1.807, 2.05) is 0 Å². The van der Waals surface area contributed by atoms with E-state index in [-0.39, 0.29) is 17.2 Å². The fourth-order valence-electron chi connectivity index (χ4n) is 2.13. The fraction of sp³-hybridized carbons (Fsp3) is 0.214. The Kier molecular flexibility index (Phi) is 3.56. The van der Waals surface area contributed by atoms with Gasteiger partial charge in [0.05, 0.1) is 22.5 Å². The summed E-state index contributed by atoms with van der Waals surface area (Å²) in [5.41, 5.74) is 2.62. The average Bonchev–Trinajstić information content (AvgIpc) is 2.68. The topological polar surface area (TPSA) is 95.1 Å². The van der Waals surface area contributed by atoms with E-state index in [1.54, 1.807) is 39.0 Å². The zero-order valence-corrected chi connectivity index (χ0v) is 11.4. The summed E-state index contributed by atoms with van der Waals surface area (Å²) < 4.78 is 0. The molecule has 6 nitrogen and oxygen atoms in total. The molecule has 2 aromatic rings. The Bertz CT molecular complexity index is 669. The van der Waals surface area contributed by atoms with Gasteiger partial charge in [-0.2, -0.15) is 5.10 Å². The van der Waals surface area contributed by atoms with Gasteiger partial charge >= 0.3 is 5.97 Å². The Labute approximate surface area is 115 Å². The summed E-state index contributed by atoms with van der Waals surface area (Å²) in [6.07, 6.45) is 0. The first-order chi connectivity index (χ1) is 9.41. The zero-order chi connectivity index (χ0) is 14.9. The van der Waals surface area contributed by atoms with Crippen LogP contribution in [0.25, 0.3) is 0 Å². The number of carbonyl (C=O) groups is 2. The third-order valence-corrected chi connectivity index (χ3v) is 3.09. The summed E-state index contributed by atoms with van der Waals surface area (Å²) in [6.45, 7) is 5.14. The molecule has 1 aromatic heterocycles. The summed E-state index contributed by atoms with van der Waals surface area (Å²) in [6, 6.07) is 4.96. The molecule has 0 aliphatic rings. The van der Waals surface area contributed by atoms with E-state index in [4.69, 9.17) is 0 Å². The quantitative estimate of drug-likeness (QED) is 0.799. The normalized spacial score (nSPS) is 10.3. The molecule has 3 N–H and O–H groups in total. The van der Waals surface area contributed by atoms with Crippen molar-refractivity contribution in [1.82, 2.24) is 10.2 Å². The van der Waals surface area contributed by atoms with Gasteiger partial charge in [0, 0.05) is 5.69 Å². The molecule has 0 fully saturated rings. The van der Waals surface area contributed by atoms with Crippen LogP contribution in [-0.2, 0) is 0 Å². The van der Waals surface area contributed by atoms with E-state index in [1.165, 1.54) is 0 Å². The lowest BCUT2D eigenvalue weighted by Gasteiger charge is -2.10. The van der Waals surface area contributed by atoms with Crippen LogP contribution in [0.15, 0.2) is 18.2 Å². The maximum absolute atomic E-state index is 12.2. The number of benzene rings is 1. The number of carboxylic acid groups (broad SMARTS) is 1. The lowest BCUT2D eigenvalue weighted by Crippen LogP contribution is -2.16. The summed E-state index contributed by atoms with van der Waals surface area (Å²) in [5.74, 6) is -1.44. The van der Waals surface area contributed by atoms with Crippen LogP contribution in [-0.4, -0.2) is 27.2 Å². The molecule has 0 aliphatic heterocycles. The summed E-state index contributed by atoms with van der Waals surface area (Å²) in [4.78, 5) is 23.5. The first-order valence-electron chi connectivity index (χ1n) is 6.07. The van der Waals surface area contributed by atoms with Gasteiger partial charge in [0.25, 0.3) is 5.91 Å². The number of nitrogens with zero attached hydrogens (tertiary/aromatic N) is 1. The summed E-state index contributed by atoms with van der Waals surface area (Å²) in [5, 5.41) is 18.5. The number of amides is 1. The van der Waals surface area contributed by atoms with Crippen molar-refractivity contribution >= 4 is 17.6 Å². The van der Waals surface area contributed by atoms with Gasteiger partial charge in [-0.1, -0.05) is 12.1 Å². The molecule has 0 spiro atoms. The third kappa shape index (κ3) is 2.40. The molecule has 0 atom stereocenters. The molecule has 0 radical (unpaired) electrons. The number of aromatic carboxylic acids is 1. The van der Waals surface area contributed by atoms with Gasteiger partial charge in [-0.05, 0) is 32.4 Å². The minimum atomic E-state index is -1.07. The van der Waals surface area contributed by atoms with E-state index in [0.717, 1.165) is 0 Å². The van der Waals surface area contributed by atoms with Crippen molar-refractivity contribution in [3.63, 3.8) is 0 Å². The van der Waals surface area contributed by atoms with Crippen molar-refractivity contribution in [3.8, 4) is 0 Å². The smallest absolute Gasteiger partial charge is 0.338 e. The molecule has 0 bridgehead atoms. The molecule has 1 heterocycles. The van der Waals surface area contributed by atoms with Crippen LogP contribution in [0.1, 0.15) is 37.7 Å². The molecule has 104 valence electrons. The van der Waals surface area contributed by atoms with Gasteiger partial charge in [-0.15, -0.1) is 0 Å². The number of aromatic nitrogens is 2. The number of rotatable bonds is 3. The van der Waals surface area contributed by atoms with Gasteiger partial charge in [0.1, 0.15) is 0 Å². The lowest BCUT2D eigenvalue weighted by atomic mass is 10.1. The maximum atomic E-state index is 12.2. The number of aryl methyl sites for hydroxylation is 3. The first-order valence-corrected chi connectivity index (χ1v) is 6.07. The molecule has 1 amide bonds. The molecule has 6 heteroatoms. The van der Waals surface area contributed by atoms with Gasteiger partial charge in [0.2, 0.25) is 0 Å². The van der Waals surface area contributed by atoms with Crippen molar-refractivity contribution < 1.29 is 14.7 Å². The van der Waals surface area contributed by atoms with E-state index in [9.17, 15) is 14.7 Å². The van der Waals surface area contributed by atoms with Crippen LogP contribution in [0.2, 0.25) is 0 Å².